The second-order valence-corrected chi connectivity index (χ2v) is 20.2. The summed E-state index contributed by atoms with van der Waals surface area (Å²) in [5.74, 6) is 0. The lowest BCUT2D eigenvalue weighted by atomic mass is 9.87. The fourth-order valence-electron chi connectivity index (χ4n) is 9.84. The summed E-state index contributed by atoms with van der Waals surface area (Å²) in [6.07, 6.45) is 0. The number of hydrogen-bond donors (Lipinski definition) is 0. The summed E-state index contributed by atoms with van der Waals surface area (Å²) in [7, 11) is -2.00. The standard InChI is InChI=1S/C53H35N3Si/c1-57(2)46-23-13-12-16-35(46)42-28-31-45-49(53(42)57)40-21-10-11-22-41(40)52(56-45)48-38-19-8-6-17-36(38)47(37-18-7-9-20-39(37)48)44-30-27-34-25-24-33-26-29-43(32-14-4-3-5-15-32)54-50(33)51(34)55-44/h3-31H,1-2H3. The van der Waals surface area contributed by atoms with Crippen molar-refractivity contribution in [2.75, 3.05) is 0 Å². The molecular formula is C53H35N3Si. The molecule has 0 aliphatic carbocycles. The summed E-state index contributed by atoms with van der Waals surface area (Å²) in [6.45, 7) is 5.00. The first-order chi connectivity index (χ1) is 28.0. The Hall–Kier alpha value is -7.01. The van der Waals surface area contributed by atoms with Crippen LogP contribution in [0, 0.1) is 0 Å². The Balaban J connectivity index is 1.14. The molecule has 4 heterocycles. The highest BCUT2D eigenvalue weighted by atomic mass is 28.3. The number of fused-ring (bicyclic) bond motifs is 12. The molecule has 0 spiro atoms. The van der Waals surface area contributed by atoms with Gasteiger partial charge in [-0.1, -0.05) is 171 Å². The minimum atomic E-state index is -2.00. The van der Waals surface area contributed by atoms with Crippen molar-refractivity contribution in [1.29, 1.82) is 0 Å². The van der Waals surface area contributed by atoms with Gasteiger partial charge in [0.05, 0.1) is 33.6 Å². The minimum absolute atomic E-state index is 0.906. The summed E-state index contributed by atoms with van der Waals surface area (Å²) in [5, 5.41) is 13.5. The van der Waals surface area contributed by atoms with Crippen LogP contribution in [0.15, 0.2) is 176 Å². The molecule has 0 bridgehead atoms. The summed E-state index contributed by atoms with van der Waals surface area (Å²) in [4.78, 5) is 16.4. The van der Waals surface area contributed by atoms with Crippen molar-refractivity contribution in [2.24, 2.45) is 0 Å². The second-order valence-electron chi connectivity index (χ2n) is 15.9. The summed E-state index contributed by atoms with van der Waals surface area (Å²) in [5.41, 5.74) is 11.9. The number of hydrogen-bond acceptors (Lipinski definition) is 3. The van der Waals surface area contributed by atoms with Gasteiger partial charge in [-0.05, 0) is 66.6 Å². The molecule has 1 aliphatic heterocycles. The summed E-state index contributed by atoms with van der Waals surface area (Å²) in [6, 6.07) is 63.5. The van der Waals surface area contributed by atoms with Crippen LogP contribution in [0.25, 0.3) is 110 Å². The molecule has 8 aromatic carbocycles. The lowest BCUT2D eigenvalue weighted by Crippen LogP contribution is -2.49. The van der Waals surface area contributed by atoms with E-state index < -0.39 is 8.07 Å². The molecule has 0 saturated carbocycles. The van der Waals surface area contributed by atoms with Crippen LogP contribution < -0.4 is 10.4 Å². The molecule has 0 radical (unpaired) electrons. The SMILES string of the molecule is C[Si]1(C)c2ccccc2-c2ccc3nc(-c4c5ccccc5c(-c5ccc6ccc7ccc(-c8ccccc8)nc7c6n5)c5ccccc45)c4ccccc4c3c21. The first kappa shape index (κ1) is 32.3. The first-order valence-electron chi connectivity index (χ1n) is 19.7. The van der Waals surface area contributed by atoms with E-state index in [4.69, 9.17) is 15.0 Å². The lowest BCUT2D eigenvalue weighted by Gasteiger charge is -2.23. The van der Waals surface area contributed by atoms with Crippen LogP contribution in [0.4, 0.5) is 0 Å². The molecule has 3 aromatic heterocycles. The van der Waals surface area contributed by atoms with Crippen molar-refractivity contribution < 1.29 is 0 Å². The monoisotopic (exact) mass is 741 g/mol. The molecule has 0 unspecified atom stereocenters. The van der Waals surface area contributed by atoms with Gasteiger partial charge in [-0.3, -0.25) is 0 Å². The molecule has 0 saturated heterocycles. The molecule has 4 heteroatoms. The Morgan fingerprint density at radius 2 is 0.912 bits per heavy atom. The molecule has 0 atom stereocenters. The quantitative estimate of drug-likeness (QED) is 0.103. The van der Waals surface area contributed by atoms with E-state index in [-0.39, 0.29) is 0 Å². The van der Waals surface area contributed by atoms with Gasteiger partial charge in [0.2, 0.25) is 0 Å². The predicted molar refractivity (Wildman–Crippen MR) is 243 cm³/mol. The fraction of sp³-hybridized carbons (Fsp3) is 0.0377. The largest absolute Gasteiger partial charge is 0.247 e. The maximum Gasteiger partial charge on any atom is 0.114 e. The number of rotatable bonds is 3. The molecular weight excluding hydrogens is 707 g/mol. The highest BCUT2D eigenvalue weighted by Crippen LogP contribution is 2.46. The van der Waals surface area contributed by atoms with Crippen LogP contribution in [-0.4, -0.2) is 23.0 Å². The average molecular weight is 742 g/mol. The zero-order valence-corrected chi connectivity index (χ0v) is 32.6. The van der Waals surface area contributed by atoms with Crippen molar-refractivity contribution in [3.05, 3.63) is 176 Å². The Labute approximate surface area is 331 Å². The van der Waals surface area contributed by atoms with Crippen LogP contribution in [0.1, 0.15) is 0 Å². The lowest BCUT2D eigenvalue weighted by molar-refractivity contribution is 1.37. The van der Waals surface area contributed by atoms with Gasteiger partial charge >= 0.3 is 0 Å². The molecule has 11 aromatic rings. The first-order valence-corrected chi connectivity index (χ1v) is 22.7. The normalized spacial score (nSPS) is 13.2. The molecule has 57 heavy (non-hydrogen) atoms. The highest BCUT2D eigenvalue weighted by molar-refractivity contribution is 7.05. The van der Waals surface area contributed by atoms with E-state index in [1.807, 2.05) is 6.07 Å². The van der Waals surface area contributed by atoms with Crippen LogP contribution >= 0.6 is 0 Å². The molecule has 3 nitrogen and oxygen atoms in total. The van der Waals surface area contributed by atoms with Gasteiger partial charge in [-0.15, -0.1) is 0 Å². The number of aromatic nitrogens is 3. The van der Waals surface area contributed by atoms with Gasteiger partial charge < -0.3 is 0 Å². The van der Waals surface area contributed by atoms with E-state index in [0.29, 0.717) is 0 Å². The third-order valence-electron chi connectivity index (χ3n) is 12.4. The fourth-order valence-corrected chi connectivity index (χ4v) is 13.3. The van der Waals surface area contributed by atoms with E-state index in [1.165, 1.54) is 37.7 Å². The summed E-state index contributed by atoms with van der Waals surface area (Å²) < 4.78 is 0. The topological polar surface area (TPSA) is 38.7 Å². The van der Waals surface area contributed by atoms with Crippen LogP contribution in [0.3, 0.4) is 0 Å². The zero-order chi connectivity index (χ0) is 37.8. The average Bonchev–Trinajstić information content (AvgIpc) is 3.51. The van der Waals surface area contributed by atoms with E-state index in [2.05, 4.69) is 183 Å². The van der Waals surface area contributed by atoms with Crippen LogP contribution in [0.2, 0.25) is 13.1 Å². The molecule has 0 amide bonds. The van der Waals surface area contributed by atoms with Crippen molar-refractivity contribution in [2.45, 2.75) is 13.1 Å². The smallest absolute Gasteiger partial charge is 0.114 e. The Kier molecular flexibility index (Phi) is 6.79. The third kappa shape index (κ3) is 4.62. The van der Waals surface area contributed by atoms with Gasteiger partial charge in [0.15, 0.2) is 0 Å². The van der Waals surface area contributed by atoms with E-state index in [0.717, 1.165) is 82.6 Å². The van der Waals surface area contributed by atoms with Crippen molar-refractivity contribution >= 4 is 83.5 Å². The Bertz CT molecular complexity index is 3440. The molecule has 0 fully saturated rings. The van der Waals surface area contributed by atoms with Gasteiger partial charge in [0, 0.05) is 38.2 Å². The molecule has 12 rings (SSSR count). The predicted octanol–water partition coefficient (Wildman–Crippen LogP) is 12.6. The van der Waals surface area contributed by atoms with Gasteiger partial charge in [-0.25, -0.2) is 15.0 Å². The maximum atomic E-state index is 5.69. The zero-order valence-electron chi connectivity index (χ0n) is 31.6. The highest BCUT2D eigenvalue weighted by Gasteiger charge is 2.39. The Morgan fingerprint density at radius 1 is 0.386 bits per heavy atom. The van der Waals surface area contributed by atoms with E-state index in [1.54, 1.807) is 0 Å². The molecule has 0 N–H and O–H groups in total. The van der Waals surface area contributed by atoms with Gasteiger partial charge in [0.1, 0.15) is 8.07 Å². The molecule has 266 valence electrons. The van der Waals surface area contributed by atoms with Crippen LogP contribution in [-0.2, 0) is 0 Å². The van der Waals surface area contributed by atoms with Crippen molar-refractivity contribution in [3.8, 4) is 44.9 Å². The summed E-state index contributed by atoms with van der Waals surface area (Å²) >= 11 is 0. The minimum Gasteiger partial charge on any atom is -0.247 e. The van der Waals surface area contributed by atoms with E-state index >= 15 is 0 Å². The second kappa shape index (κ2) is 12.0. The van der Waals surface area contributed by atoms with Crippen molar-refractivity contribution in [1.82, 2.24) is 15.0 Å². The van der Waals surface area contributed by atoms with Gasteiger partial charge in [-0.2, -0.15) is 0 Å². The molecule has 1 aliphatic rings. The number of nitrogens with zero attached hydrogens (tertiary/aromatic N) is 3. The Morgan fingerprint density at radius 3 is 1.60 bits per heavy atom. The van der Waals surface area contributed by atoms with E-state index in [9.17, 15) is 0 Å². The third-order valence-corrected chi connectivity index (χ3v) is 15.9. The van der Waals surface area contributed by atoms with Gasteiger partial charge in [0.25, 0.3) is 0 Å². The maximum absolute atomic E-state index is 5.69. The van der Waals surface area contributed by atoms with Crippen molar-refractivity contribution in [3.63, 3.8) is 0 Å². The number of pyridine rings is 3. The van der Waals surface area contributed by atoms with Crippen LogP contribution in [0.5, 0.6) is 0 Å². The number of benzene rings is 8.